The van der Waals surface area contributed by atoms with Gasteiger partial charge >= 0.3 is 0 Å². The first-order valence-corrected chi connectivity index (χ1v) is 5.45. The van der Waals surface area contributed by atoms with Crippen LogP contribution in [0, 0.1) is 13.8 Å². The highest BCUT2D eigenvalue weighted by Crippen LogP contribution is 2.15. The second-order valence-electron chi connectivity index (χ2n) is 4.02. The molecule has 0 aliphatic carbocycles. The van der Waals surface area contributed by atoms with E-state index in [9.17, 15) is 4.79 Å². The Labute approximate surface area is 99.2 Å². The zero-order valence-electron chi connectivity index (χ0n) is 10.1. The zero-order chi connectivity index (χ0) is 12.4. The lowest BCUT2D eigenvalue weighted by atomic mass is 10.1. The van der Waals surface area contributed by atoms with Crippen molar-refractivity contribution in [1.82, 2.24) is 15.5 Å². The van der Waals surface area contributed by atoms with Gasteiger partial charge < -0.3 is 9.73 Å². The number of carbonyl (C=O) groups is 1. The third-order valence-corrected chi connectivity index (χ3v) is 2.67. The minimum Gasteiger partial charge on any atom is -0.467 e. The first-order valence-electron chi connectivity index (χ1n) is 5.45. The summed E-state index contributed by atoms with van der Waals surface area (Å²) in [5.41, 5.74) is 2.07. The van der Waals surface area contributed by atoms with Gasteiger partial charge in [-0.3, -0.25) is 9.89 Å². The summed E-state index contributed by atoms with van der Waals surface area (Å²) in [7, 11) is 0. The van der Waals surface area contributed by atoms with Gasteiger partial charge in [0.15, 0.2) is 0 Å². The van der Waals surface area contributed by atoms with Gasteiger partial charge in [0.1, 0.15) is 5.76 Å². The van der Waals surface area contributed by atoms with Crippen LogP contribution in [0.4, 0.5) is 0 Å². The minimum absolute atomic E-state index is 0.141. The minimum atomic E-state index is -0.161. The standard InChI is InChI=1S/C12H15N3O2/c1-7(10-5-4-6-17-10)13-12(16)11-8(2)14-15-9(11)3/h4-7H,1-3H3,(H,13,16)(H,14,15). The van der Waals surface area contributed by atoms with Gasteiger partial charge in [0.2, 0.25) is 0 Å². The molecule has 2 aromatic heterocycles. The van der Waals surface area contributed by atoms with Crippen LogP contribution >= 0.6 is 0 Å². The van der Waals surface area contributed by atoms with E-state index < -0.39 is 0 Å². The number of amides is 1. The van der Waals surface area contributed by atoms with Crippen molar-refractivity contribution < 1.29 is 9.21 Å². The Morgan fingerprint density at radius 1 is 1.53 bits per heavy atom. The molecule has 0 bridgehead atoms. The van der Waals surface area contributed by atoms with Gasteiger partial charge in [-0.15, -0.1) is 0 Å². The number of hydrogen-bond acceptors (Lipinski definition) is 3. The predicted molar refractivity (Wildman–Crippen MR) is 62.7 cm³/mol. The summed E-state index contributed by atoms with van der Waals surface area (Å²) < 4.78 is 5.24. The molecule has 1 atom stereocenters. The molecule has 90 valence electrons. The van der Waals surface area contributed by atoms with Crippen molar-refractivity contribution >= 4 is 5.91 Å². The molecule has 2 N–H and O–H groups in total. The van der Waals surface area contributed by atoms with Crippen LogP contribution in [0.3, 0.4) is 0 Å². The van der Waals surface area contributed by atoms with Crippen LogP contribution in [0.5, 0.6) is 0 Å². The van der Waals surface area contributed by atoms with Crippen LogP contribution in [-0.2, 0) is 0 Å². The molecule has 0 saturated carbocycles. The first-order chi connectivity index (χ1) is 8.09. The molecule has 5 heteroatoms. The van der Waals surface area contributed by atoms with Gasteiger partial charge in [-0.2, -0.15) is 5.10 Å². The van der Waals surface area contributed by atoms with E-state index in [4.69, 9.17) is 4.42 Å². The fraction of sp³-hybridized carbons (Fsp3) is 0.333. The Balaban J connectivity index is 2.12. The highest BCUT2D eigenvalue weighted by molar-refractivity contribution is 5.96. The number of nitrogens with zero attached hydrogens (tertiary/aromatic N) is 1. The van der Waals surface area contributed by atoms with E-state index in [-0.39, 0.29) is 11.9 Å². The number of hydrogen-bond donors (Lipinski definition) is 2. The summed E-state index contributed by atoms with van der Waals surface area (Å²) in [5.74, 6) is 0.592. The molecule has 2 heterocycles. The van der Waals surface area contributed by atoms with Crippen LogP contribution in [0.15, 0.2) is 22.8 Å². The fourth-order valence-electron chi connectivity index (χ4n) is 1.76. The van der Waals surface area contributed by atoms with Crippen molar-refractivity contribution in [3.63, 3.8) is 0 Å². The predicted octanol–water partition coefficient (Wildman–Crippen LogP) is 2.11. The molecule has 0 radical (unpaired) electrons. The monoisotopic (exact) mass is 233 g/mol. The molecule has 0 fully saturated rings. The average Bonchev–Trinajstić information content (AvgIpc) is 2.88. The van der Waals surface area contributed by atoms with Crippen LogP contribution in [0.2, 0.25) is 0 Å². The maximum Gasteiger partial charge on any atom is 0.255 e. The molecule has 0 aliphatic rings. The second-order valence-corrected chi connectivity index (χ2v) is 4.02. The summed E-state index contributed by atoms with van der Waals surface area (Å²) in [6.45, 7) is 5.50. The largest absolute Gasteiger partial charge is 0.467 e. The number of rotatable bonds is 3. The fourth-order valence-corrected chi connectivity index (χ4v) is 1.76. The summed E-state index contributed by atoms with van der Waals surface area (Å²) in [4.78, 5) is 12.0. The number of nitrogens with one attached hydrogen (secondary N) is 2. The lowest BCUT2D eigenvalue weighted by molar-refractivity contribution is 0.0934. The van der Waals surface area contributed by atoms with Crippen molar-refractivity contribution in [2.45, 2.75) is 26.8 Å². The van der Waals surface area contributed by atoms with Crippen LogP contribution in [0.25, 0.3) is 0 Å². The molecule has 2 rings (SSSR count). The third-order valence-electron chi connectivity index (χ3n) is 2.67. The molecule has 0 spiro atoms. The van der Waals surface area contributed by atoms with Crippen LogP contribution in [0.1, 0.15) is 40.5 Å². The van der Waals surface area contributed by atoms with Crippen molar-refractivity contribution in [1.29, 1.82) is 0 Å². The third kappa shape index (κ3) is 2.22. The molecule has 0 saturated heterocycles. The normalized spacial score (nSPS) is 12.4. The van der Waals surface area contributed by atoms with E-state index >= 15 is 0 Å². The van der Waals surface area contributed by atoms with Gasteiger partial charge in [-0.1, -0.05) is 0 Å². The van der Waals surface area contributed by atoms with Crippen molar-refractivity contribution in [2.75, 3.05) is 0 Å². The molecule has 5 nitrogen and oxygen atoms in total. The van der Waals surface area contributed by atoms with Gasteiger partial charge in [0, 0.05) is 5.69 Å². The Bertz CT molecular complexity index is 494. The SMILES string of the molecule is Cc1n[nH]c(C)c1C(=O)NC(C)c1ccco1. The summed E-state index contributed by atoms with van der Waals surface area (Å²) >= 11 is 0. The van der Waals surface area contributed by atoms with Gasteiger partial charge in [-0.05, 0) is 32.9 Å². The number of aromatic amines is 1. The second kappa shape index (κ2) is 4.45. The van der Waals surface area contributed by atoms with E-state index in [1.54, 1.807) is 19.3 Å². The first kappa shape index (κ1) is 11.4. The molecule has 0 aromatic carbocycles. The molecule has 1 amide bonds. The van der Waals surface area contributed by atoms with Gasteiger partial charge in [0.25, 0.3) is 5.91 Å². The Morgan fingerprint density at radius 3 is 2.82 bits per heavy atom. The molecule has 0 aliphatic heterocycles. The van der Waals surface area contributed by atoms with Crippen LogP contribution < -0.4 is 5.32 Å². The number of furan rings is 1. The van der Waals surface area contributed by atoms with E-state index in [0.29, 0.717) is 11.3 Å². The summed E-state index contributed by atoms with van der Waals surface area (Å²) in [6.07, 6.45) is 1.59. The smallest absolute Gasteiger partial charge is 0.255 e. The summed E-state index contributed by atoms with van der Waals surface area (Å²) in [6, 6.07) is 3.47. The van der Waals surface area contributed by atoms with E-state index in [0.717, 1.165) is 11.5 Å². The number of carbonyl (C=O) groups excluding carboxylic acids is 1. The highest BCUT2D eigenvalue weighted by Gasteiger charge is 2.18. The Kier molecular flexibility index (Phi) is 2.99. The summed E-state index contributed by atoms with van der Waals surface area (Å²) in [5, 5.41) is 9.66. The van der Waals surface area contributed by atoms with Gasteiger partial charge in [0.05, 0.1) is 23.6 Å². The van der Waals surface area contributed by atoms with E-state index in [1.807, 2.05) is 19.9 Å². The Morgan fingerprint density at radius 2 is 2.29 bits per heavy atom. The molecule has 2 aromatic rings. The van der Waals surface area contributed by atoms with Crippen molar-refractivity contribution in [2.24, 2.45) is 0 Å². The van der Waals surface area contributed by atoms with E-state index in [1.165, 1.54) is 0 Å². The van der Waals surface area contributed by atoms with Gasteiger partial charge in [-0.25, -0.2) is 0 Å². The average molecular weight is 233 g/mol. The zero-order valence-corrected chi connectivity index (χ0v) is 10.1. The lowest BCUT2D eigenvalue weighted by Crippen LogP contribution is -2.27. The maximum absolute atomic E-state index is 12.0. The number of aryl methyl sites for hydroxylation is 2. The quantitative estimate of drug-likeness (QED) is 0.852. The van der Waals surface area contributed by atoms with Crippen molar-refractivity contribution in [3.05, 3.63) is 41.1 Å². The number of aromatic nitrogens is 2. The maximum atomic E-state index is 12.0. The molecule has 17 heavy (non-hydrogen) atoms. The van der Waals surface area contributed by atoms with Crippen molar-refractivity contribution in [3.8, 4) is 0 Å². The molecular formula is C12H15N3O2. The lowest BCUT2D eigenvalue weighted by Gasteiger charge is -2.11. The molecule has 1 unspecified atom stereocenters. The van der Waals surface area contributed by atoms with Crippen LogP contribution in [-0.4, -0.2) is 16.1 Å². The Hall–Kier alpha value is -2.04. The highest BCUT2D eigenvalue weighted by atomic mass is 16.3. The number of H-pyrrole nitrogens is 1. The van der Waals surface area contributed by atoms with E-state index in [2.05, 4.69) is 15.5 Å². The molecular weight excluding hydrogens is 218 g/mol. The topological polar surface area (TPSA) is 70.9 Å².